The summed E-state index contributed by atoms with van der Waals surface area (Å²) in [6.07, 6.45) is 3.92. The Balaban J connectivity index is 2.77. The van der Waals surface area contributed by atoms with Crippen molar-refractivity contribution in [3.8, 4) is 0 Å². The molecule has 0 amide bonds. The van der Waals surface area contributed by atoms with Gasteiger partial charge in [0, 0.05) is 20.3 Å². The number of aryl methyl sites for hydroxylation is 1. The molecule has 1 N–H and O–H groups in total. The van der Waals surface area contributed by atoms with Crippen LogP contribution in [0.2, 0.25) is 0 Å². The minimum Gasteiger partial charge on any atom is -0.309 e. The van der Waals surface area contributed by atoms with E-state index in [0.717, 1.165) is 6.54 Å². The molecule has 2 atom stereocenters. The fourth-order valence-corrected chi connectivity index (χ4v) is 3.90. The molecule has 1 aromatic heterocycles. The van der Waals surface area contributed by atoms with Gasteiger partial charge in [-0.2, -0.15) is 0 Å². The highest BCUT2D eigenvalue weighted by molar-refractivity contribution is 9.10. The second kappa shape index (κ2) is 7.55. The molecule has 0 saturated carbocycles. The first-order chi connectivity index (χ1) is 8.10. The highest BCUT2D eigenvalue weighted by Gasteiger charge is 2.20. The van der Waals surface area contributed by atoms with Crippen molar-refractivity contribution >= 4 is 27.3 Å². The Kier molecular flexibility index (Phi) is 6.75. The van der Waals surface area contributed by atoms with Crippen molar-refractivity contribution in [1.82, 2.24) is 5.32 Å². The van der Waals surface area contributed by atoms with Crippen molar-refractivity contribution in [1.29, 1.82) is 0 Å². The molecular formula is C14H24BrNS. The zero-order valence-corrected chi connectivity index (χ0v) is 13.7. The quantitative estimate of drug-likeness (QED) is 0.720. The van der Waals surface area contributed by atoms with Gasteiger partial charge in [-0.3, -0.25) is 0 Å². The van der Waals surface area contributed by atoms with E-state index in [9.17, 15) is 0 Å². The van der Waals surface area contributed by atoms with Crippen molar-refractivity contribution in [2.75, 3.05) is 6.54 Å². The second-order valence-corrected chi connectivity index (χ2v) is 6.85. The lowest BCUT2D eigenvalue weighted by Gasteiger charge is -2.23. The van der Waals surface area contributed by atoms with E-state index in [2.05, 4.69) is 55.0 Å². The predicted molar refractivity (Wildman–Crippen MR) is 81.9 cm³/mol. The number of thiophene rings is 1. The lowest BCUT2D eigenvalue weighted by Crippen LogP contribution is -2.26. The molecule has 1 aromatic rings. The smallest absolute Gasteiger partial charge is 0.0441 e. The van der Waals surface area contributed by atoms with E-state index >= 15 is 0 Å². The molecule has 0 radical (unpaired) electrons. The topological polar surface area (TPSA) is 12.0 Å². The van der Waals surface area contributed by atoms with Crippen LogP contribution in [0.4, 0.5) is 0 Å². The highest BCUT2D eigenvalue weighted by Crippen LogP contribution is 2.35. The predicted octanol–water partition coefficient (Wildman–Crippen LogP) is 5.30. The Bertz CT molecular complexity index is 315. The number of hydrogen-bond donors (Lipinski definition) is 1. The van der Waals surface area contributed by atoms with Crippen LogP contribution in [0.5, 0.6) is 0 Å². The maximum absolute atomic E-state index is 3.64. The Morgan fingerprint density at radius 2 is 2.12 bits per heavy atom. The molecule has 17 heavy (non-hydrogen) atoms. The van der Waals surface area contributed by atoms with Gasteiger partial charge in [0.05, 0.1) is 0 Å². The fourth-order valence-electron chi connectivity index (χ4n) is 2.13. The van der Waals surface area contributed by atoms with E-state index in [-0.39, 0.29) is 0 Å². The molecule has 2 unspecified atom stereocenters. The maximum atomic E-state index is 3.64. The molecule has 0 fully saturated rings. The number of halogens is 1. The summed E-state index contributed by atoms with van der Waals surface area (Å²) in [4.78, 5) is 2.85. The summed E-state index contributed by atoms with van der Waals surface area (Å²) in [6.45, 7) is 10.0. The molecule has 0 aliphatic rings. The van der Waals surface area contributed by atoms with Gasteiger partial charge < -0.3 is 5.32 Å². The van der Waals surface area contributed by atoms with Gasteiger partial charge in [0.25, 0.3) is 0 Å². The normalized spacial score (nSPS) is 14.9. The zero-order chi connectivity index (χ0) is 12.8. The van der Waals surface area contributed by atoms with Crippen LogP contribution in [-0.4, -0.2) is 6.54 Å². The van der Waals surface area contributed by atoms with E-state index in [4.69, 9.17) is 0 Å². The monoisotopic (exact) mass is 317 g/mol. The number of rotatable bonds is 7. The molecule has 1 heterocycles. The largest absolute Gasteiger partial charge is 0.309 e. The van der Waals surface area contributed by atoms with Gasteiger partial charge in [-0.25, -0.2) is 0 Å². The minimum absolute atomic E-state index is 0.515. The van der Waals surface area contributed by atoms with Crippen molar-refractivity contribution in [2.45, 2.75) is 53.0 Å². The van der Waals surface area contributed by atoms with Crippen molar-refractivity contribution in [3.05, 3.63) is 20.3 Å². The third-order valence-electron chi connectivity index (χ3n) is 3.19. The first-order valence-corrected chi connectivity index (χ1v) is 8.20. The maximum Gasteiger partial charge on any atom is 0.0441 e. The third-order valence-corrected chi connectivity index (χ3v) is 5.41. The molecule has 0 aliphatic heterocycles. The molecule has 0 aliphatic carbocycles. The molecule has 0 aromatic carbocycles. The van der Waals surface area contributed by atoms with Crippen LogP contribution >= 0.6 is 27.3 Å². The lowest BCUT2D eigenvalue weighted by atomic mass is 9.94. The molecule has 98 valence electrons. The molecular weight excluding hydrogens is 294 g/mol. The van der Waals surface area contributed by atoms with Crippen LogP contribution in [0.25, 0.3) is 0 Å². The summed E-state index contributed by atoms with van der Waals surface area (Å²) in [7, 11) is 0. The standard InChI is InChI=1S/C14H24BrNS/c1-5-7-8-10(3)14(16-6-2)13-9-12(15)11(4)17-13/h9-10,14,16H,5-8H2,1-4H3. The Hall–Kier alpha value is 0.140. The molecule has 0 bridgehead atoms. The van der Waals surface area contributed by atoms with E-state index in [1.807, 2.05) is 11.3 Å². The first-order valence-electron chi connectivity index (χ1n) is 6.59. The third kappa shape index (κ3) is 4.38. The van der Waals surface area contributed by atoms with Gasteiger partial charge in [0.2, 0.25) is 0 Å². The second-order valence-electron chi connectivity index (χ2n) is 4.71. The van der Waals surface area contributed by atoms with Gasteiger partial charge in [0.1, 0.15) is 0 Å². The van der Waals surface area contributed by atoms with E-state index < -0.39 is 0 Å². The van der Waals surface area contributed by atoms with Crippen LogP contribution in [0.1, 0.15) is 55.8 Å². The lowest BCUT2D eigenvalue weighted by molar-refractivity contribution is 0.367. The van der Waals surface area contributed by atoms with Crippen LogP contribution in [0, 0.1) is 12.8 Å². The molecule has 3 heteroatoms. The summed E-state index contributed by atoms with van der Waals surface area (Å²) in [6, 6.07) is 2.80. The van der Waals surface area contributed by atoms with Gasteiger partial charge in [-0.15, -0.1) is 11.3 Å². The highest BCUT2D eigenvalue weighted by atomic mass is 79.9. The summed E-state index contributed by atoms with van der Waals surface area (Å²) < 4.78 is 1.25. The van der Waals surface area contributed by atoms with Crippen LogP contribution in [0.3, 0.4) is 0 Å². The van der Waals surface area contributed by atoms with Crippen molar-refractivity contribution in [3.63, 3.8) is 0 Å². The van der Waals surface area contributed by atoms with E-state index in [1.165, 1.54) is 33.5 Å². The average Bonchev–Trinajstić information content (AvgIpc) is 2.63. The summed E-state index contributed by atoms with van der Waals surface area (Å²) in [5.74, 6) is 0.708. The molecule has 1 rings (SSSR count). The molecule has 0 spiro atoms. The van der Waals surface area contributed by atoms with Crippen molar-refractivity contribution in [2.24, 2.45) is 5.92 Å². The Morgan fingerprint density at radius 3 is 2.59 bits per heavy atom. The SMILES string of the molecule is CCCCC(C)C(NCC)c1cc(Br)c(C)s1. The summed E-state index contributed by atoms with van der Waals surface area (Å²) >= 11 is 5.53. The Morgan fingerprint density at radius 1 is 1.41 bits per heavy atom. The fraction of sp³-hybridized carbons (Fsp3) is 0.714. The Labute approximate surface area is 118 Å². The first kappa shape index (κ1) is 15.2. The number of unbranched alkanes of at least 4 members (excludes halogenated alkanes) is 1. The van der Waals surface area contributed by atoms with Gasteiger partial charge >= 0.3 is 0 Å². The van der Waals surface area contributed by atoms with Gasteiger partial charge in [-0.05, 0) is 47.8 Å². The van der Waals surface area contributed by atoms with Crippen LogP contribution in [0.15, 0.2) is 10.5 Å². The number of nitrogens with one attached hydrogen (secondary N) is 1. The van der Waals surface area contributed by atoms with Gasteiger partial charge in [-0.1, -0.05) is 33.6 Å². The van der Waals surface area contributed by atoms with E-state index in [0.29, 0.717) is 12.0 Å². The van der Waals surface area contributed by atoms with Crippen LogP contribution in [-0.2, 0) is 0 Å². The number of hydrogen-bond acceptors (Lipinski definition) is 2. The molecule has 1 nitrogen and oxygen atoms in total. The van der Waals surface area contributed by atoms with Gasteiger partial charge in [0.15, 0.2) is 0 Å². The zero-order valence-electron chi connectivity index (χ0n) is 11.3. The van der Waals surface area contributed by atoms with Crippen molar-refractivity contribution < 1.29 is 0 Å². The summed E-state index contributed by atoms with van der Waals surface area (Å²) in [5, 5.41) is 3.64. The van der Waals surface area contributed by atoms with E-state index in [1.54, 1.807) is 0 Å². The van der Waals surface area contributed by atoms with Crippen LogP contribution < -0.4 is 5.32 Å². The average molecular weight is 318 g/mol. The summed E-state index contributed by atoms with van der Waals surface area (Å²) in [5.41, 5.74) is 0. The molecule has 0 saturated heterocycles. The minimum atomic E-state index is 0.515.